The SMILES string of the molecule is Cc1csc(=O)n1Cc1cc(Cl)ccc1N. The Hall–Kier alpha value is -1.26. The lowest BCUT2D eigenvalue weighted by Gasteiger charge is -2.08. The van der Waals surface area contributed by atoms with Crippen LogP contribution in [-0.2, 0) is 6.54 Å². The van der Waals surface area contributed by atoms with Crippen LogP contribution in [-0.4, -0.2) is 4.57 Å². The van der Waals surface area contributed by atoms with Crippen LogP contribution in [0.4, 0.5) is 5.69 Å². The maximum absolute atomic E-state index is 11.5. The molecule has 2 aromatic rings. The molecule has 1 heterocycles. The monoisotopic (exact) mass is 254 g/mol. The molecule has 0 fully saturated rings. The van der Waals surface area contributed by atoms with Gasteiger partial charge in [0.1, 0.15) is 0 Å². The molecule has 5 heteroatoms. The van der Waals surface area contributed by atoms with Crippen LogP contribution in [0, 0.1) is 6.92 Å². The summed E-state index contributed by atoms with van der Waals surface area (Å²) >= 11 is 7.09. The first-order valence-electron chi connectivity index (χ1n) is 4.77. The normalized spacial score (nSPS) is 10.6. The molecule has 0 spiro atoms. The molecule has 0 aliphatic heterocycles. The van der Waals surface area contributed by atoms with Gasteiger partial charge in [0, 0.05) is 21.8 Å². The number of hydrogen-bond acceptors (Lipinski definition) is 3. The van der Waals surface area contributed by atoms with Gasteiger partial charge in [-0.05, 0) is 30.7 Å². The van der Waals surface area contributed by atoms with Crippen LogP contribution in [0.25, 0.3) is 0 Å². The predicted molar refractivity (Wildman–Crippen MR) is 68.3 cm³/mol. The van der Waals surface area contributed by atoms with Crippen molar-refractivity contribution in [3.63, 3.8) is 0 Å². The van der Waals surface area contributed by atoms with E-state index in [1.54, 1.807) is 22.8 Å². The van der Waals surface area contributed by atoms with Crippen molar-refractivity contribution in [2.24, 2.45) is 0 Å². The Labute approximate surface area is 102 Å². The molecule has 0 saturated carbocycles. The van der Waals surface area contributed by atoms with Crippen molar-refractivity contribution >= 4 is 28.6 Å². The number of aromatic nitrogens is 1. The lowest BCUT2D eigenvalue weighted by Crippen LogP contribution is -2.16. The third-order valence-corrected chi connectivity index (χ3v) is 3.53. The fourth-order valence-electron chi connectivity index (χ4n) is 1.48. The zero-order chi connectivity index (χ0) is 11.7. The van der Waals surface area contributed by atoms with Gasteiger partial charge in [0.2, 0.25) is 0 Å². The van der Waals surface area contributed by atoms with Crippen LogP contribution in [0.5, 0.6) is 0 Å². The molecule has 84 valence electrons. The van der Waals surface area contributed by atoms with Gasteiger partial charge in [-0.3, -0.25) is 9.36 Å². The summed E-state index contributed by atoms with van der Waals surface area (Å²) in [5, 5.41) is 2.47. The van der Waals surface area contributed by atoms with Crippen LogP contribution >= 0.6 is 22.9 Å². The second-order valence-corrected chi connectivity index (χ2v) is 4.83. The van der Waals surface area contributed by atoms with Crippen molar-refractivity contribution in [2.75, 3.05) is 5.73 Å². The topological polar surface area (TPSA) is 48.0 Å². The van der Waals surface area contributed by atoms with Crippen molar-refractivity contribution < 1.29 is 0 Å². The Bertz CT molecular complexity index is 574. The number of thiazole rings is 1. The highest BCUT2D eigenvalue weighted by atomic mass is 35.5. The van der Waals surface area contributed by atoms with E-state index in [9.17, 15) is 4.79 Å². The smallest absolute Gasteiger partial charge is 0.307 e. The van der Waals surface area contributed by atoms with Gasteiger partial charge in [0.25, 0.3) is 0 Å². The van der Waals surface area contributed by atoms with Crippen LogP contribution in [0.2, 0.25) is 5.02 Å². The number of hydrogen-bond donors (Lipinski definition) is 1. The van der Waals surface area contributed by atoms with E-state index < -0.39 is 0 Å². The van der Waals surface area contributed by atoms with E-state index in [1.807, 2.05) is 12.3 Å². The van der Waals surface area contributed by atoms with Crippen LogP contribution in [0.1, 0.15) is 11.3 Å². The molecule has 3 nitrogen and oxygen atoms in total. The first kappa shape index (κ1) is 11.2. The summed E-state index contributed by atoms with van der Waals surface area (Å²) in [6.45, 7) is 2.37. The number of halogens is 1. The third kappa shape index (κ3) is 2.13. The van der Waals surface area contributed by atoms with Gasteiger partial charge < -0.3 is 5.73 Å². The van der Waals surface area contributed by atoms with Gasteiger partial charge in [-0.25, -0.2) is 0 Å². The van der Waals surface area contributed by atoms with Crippen molar-refractivity contribution in [1.82, 2.24) is 4.57 Å². The van der Waals surface area contributed by atoms with Gasteiger partial charge in [0.15, 0.2) is 0 Å². The zero-order valence-electron chi connectivity index (χ0n) is 8.74. The van der Waals surface area contributed by atoms with E-state index in [0.29, 0.717) is 17.3 Å². The molecule has 0 bridgehead atoms. The molecule has 0 atom stereocenters. The molecular formula is C11H11ClN2OS. The quantitative estimate of drug-likeness (QED) is 0.837. The molecule has 0 saturated heterocycles. The fraction of sp³-hybridized carbons (Fsp3) is 0.182. The van der Waals surface area contributed by atoms with Crippen LogP contribution in [0.15, 0.2) is 28.4 Å². The van der Waals surface area contributed by atoms with Crippen LogP contribution in [0.3, 0.4) is 0 Å². The number of benzene rings is 1. The van der Waals surface area contributed by atoms with Gasteiger partial charge >= 0.3 is 4.87 Å². The second-order valence-electron chi connectivity index (χ2n) is 3.57. The molecule has 16 heavy (non-hydrogen) atoms. The van der Waals surface area contributed by atoms with E-state index in [-0.39, 0.29) is 4.87 Å². The van der Waals surface area contributed by atoms with Gasteiger partial charge in [-0.2, -0.15) is 0 Å². The molecule has 0 aliphatic carbocycles. The van der Waals surface area contributed by atoms with Crippen LogP contribution < -0.4 is 10.6 Å². The zero-order valence-corrected chi connectivity index (χ0v) is 10.3. The van der Waals surface area contributed by atoms with Gasteiger partial charge in [-0.15, -0.1) is 0 Å². The summed E-state index contributed by atoms with van der Waals surface area (Å²) < 4.78 is 1.69. The molecule has 0 radical (unpaired) electrons. The summed E-state index contributed by atoms with van der Waals surface area (Å²) in [4.78, 5) is 11.6. The minimum Gasteiger partial charge on any atom is -0.398 e. The van der Waals surface area contributed by atoms with E-state index in [1.165, 1.54) is 11.3 Å². The number of rotatable bonds is 2. The molecule has 1 aromatic carbocycles. The molecule has 2 rings (SSSR count). The highest BCUT2D eigenvalue weighted by Crippen LogP contribution is 2.19. The standard InChI is InChI=1S/C11H11ClN2OS/c1-7-6-16-11(15)14(7)5-8-4-9(12)2-3-10(8)13/h2-4,6H,5,13H2,1H3. The molecule has 2 N–H and O–H groups in total. The lowest BCUT2D eigenvalue weighted by molar-refractivity contribution is 0.756. The van der Waals surface area contributed by atoms with Crippen molar-refractivity contribution in [2.45, 2.75) is 13.5 Å². The Morgan fingerprint density at radius 2 is 2.25 bits per heavy atom. The maximum Gasteiger partial charge on any atom is 0.307 e. The Kier molecular flexibility index (Phi) is 3.03. The summed E-state index contributed by atoms with van der Waals surface area (Å²) in [6.07, 6.45) is 0. The first-order valence-corrected chi connectivity index (χ1v) is 6.02. The number of nitrogens with two attached hydrogens (primary N) is 1. The van der Waals surface area contributed by atoms with Crippen molar-refractivity contribution in [3.05, 3.63) is 49.5 Å². The first-order chi connectivity index (χ1) is 7.58. The minimum absolute atomic E-state index is 0.0249. The Morgan fingerprint density at radius 1 is 1.50 bits per heavy atom. The number of nitrogens with zero attached hydrogens (tertiary/aromatic N) is 1. The summed E-state index contributed by atoms with van der Waals surface area (Å²) in [6, 6.07) is 5.29. The minimum atomic E-state index is 0.0249. The van der Waals surface area contributed by atoms with Crippen molar-refractivity contribution in [1.29, 1.82) is 0 Å². The summed E-state index contributed by atoms with van der Waals surface area (Å²) in [7, 11) is 0. The molecule has 1 aromatic heterocycles. The lowest BCUT2D eigenvalue weighted by atomic mass is 10.2. The Balaban J connectivity index is 2.41. The Morgan fingerprint density at radius 3 is 2.88 bits per heavy atom. The molecule has 0 unspecified atom stereocenters. The van der Waals surface area contributed by atoms with Gasteiger partial charge in [0.05, 0.1) is 6.54 Å². The van der Waals surface area contributed by atoms with E-state index >= 15 is 0 Å². The van der Waals surface area contributed by atoms with E-state index in [2.05, 4.69) is 0 Å². The number of aryl methyl sites for hydroxylation is 1. The average molecular weight is 255 g/mol. The highest BCUT2D eigenvalue weighted by Gasteiger charge is 2.06. The molecule has 0 aliphatic rings. The summed E-state index contributed by atoms with van der Waals surface area (Å²) in [5.74, 6) is 0. The van der Waals surface area contributed by atoms with E-state index in [0.717, 1.165) is 11.3 Å². The average Bonchev–Trinajstić information content (AvgIpc) is 2.55. The van der Waals surface area contributed by atoms with Gasteiger partial charge in [-0.1, -0.05) is 22.9 Å². The molecular weight excluding hydrogens is 244 g/mol. The number of anilines is 1. The highest BCUT2D eigenvalue weighted by molar-refractivity contribution is 7.07. The summed E-state index contributed by atoms with van der Waals surface area (Å²) in [5.41, 5.74) is 8.30. The van der Waals surface area contributed by atoms with E-state index in [4.69, 9.17) is 17.3 Å². The largest absolute Gasteiger partial charge is 0.398 e. The second kappa shape index (κ2) is 4.31. The molecule has 0 amide bonds. The third-order valence-electron chi connectivity index (χ3n) is 2.41. The maximum atomic E-state index is 11.5. The number of nitrogen functional groups attached to an aromatic ring is 1. The predicted octanol–water partition coefficient (Wildman–Crippen LogP) is 2.50. The fourth-order valence-corrected chi connectivity index (χ4v) is 2.41. The van der Waals surface area contributed by atoms with Crippen molar-refractivity contribution in [3.8, 4) is 0 Å².